The highest BCUT2D eigenvalue weighted by Gasteiger charge is 2.28. The second-order valence-electron chi connectivity index (χ2n) is 13.3. The molecule has 2 amide bonds. The van der Waals surface area contributed by atoms with Gasteiger partial charge in [0.1, 0.15) is 22.9 Å². The molecule has 2 aliphatic heterocycles. The van der Waals surface area contributed by atoms with E-state index in [1.807, 2.05) is 49.6 Å². The third-order valence-electron chi connectivity index (χ3n) is 9.39. The van der Waals surface area contributed by atoms with Crippen molar-refractivity contribution in [2.24, 2.45) is 0 Å². The van der Waals surface area contributed by atoms with Crippen LogP contribution >= 0.6 is 0 Å². The molecular weight excluding hydrogens is 640 g/mol. The molecule has 2 aromatic carbocycles. The maximum Gasteiger partial charge on any atom is 0.234 e. The van der Waals surface area contributed by atoms with E-state index in [-0.39, 0.29) is 40.9 Å². The number of hydrogen-bond donors (Lipinski definition) is 2. The quantitative estimate of drug-likeness (QED) is 0.191. The molecule has 2 fully saturated rings. The van der Waals surface area contributed by atoms with Gasteiger partial charge in [0.15, 0.2) is 11.6 Å². The van der Waals surface area contributed by atoms with Crippen LogP contribution in [0.2, 0.25) is 0 Å². The highest BCUT2D eigenvalue weighted by Crippen LogP contribution is 2.31. The van der Waals surface area contributed by atoms with Gasteiger partial charge in [-0.2, -0.15) is 0 Å². The van der Waals surface area contributed by atoms with Crippen molar-refractivity contribution < 1.29 is 18.4 Å². The van der Waals surface area contributed by atoms with Crippen LogP contribution in [0.15, 0.2) is 60.9 Å². The first kappa shape index (κ1) is 33.4. The van der Waals surface area contributed by atoms with E-state index in [9.17, 15) is 14.0 Å². The zero-order chi connectivity index (χ0) is 34.9. The SMILES string of the molecule is Cc1nc2c(F)cc(-c3nc(Nc4ccc(CN5CCN(Cc6cccc(C7CCC(=O)NC7=O)c6)CC5)cn4)ncc3F)cc2n1C(C)C. The number of halogens is 2. The lowest BCUT2D eigenvalue weighted by molar-refractivity contribution is -0.134. The number of nitrogens with zero attached hydrogens (tertiary/aromatic N) is 7. The number of benzene rings is 2. The Kier molecular flexibility index (Phi) is 9.34. The van der Waals surface area contributed by atoms with E-state index in [2.05, 4.69) is 52.5 Å². The first-order chi connectivity index (χ1) is 24.1. The molecule has 11 nitrogen and oxygen atoms in total. The Bertz CT molecular complexity index is 2060. The molecule has 2 saturated heterocycles. The first-order valence-electron chi connectivity index (χ1n) is 16.9. The third kappa shape index (κ3) is 7.10. The fourth-order valence-electron chi connectivity index (χ4n) is 6.94. The predicted molar refractivity (Wildman–Crippen MR) is 185 cm³/mol. The van der Waals surface area contributed by atoms with E-state index in [0.717, 1.165) is 62.2 Å². The maximum absolute atomic E-state index is 15.1. The summed E-state index contributed by atoms with van der Waals surface area (Å²) >= 11 is 0. The maximum atomic E-state index is 15.1. The number of hydrogen-bond acceptors (Lipinski definition) is 9. The monoisotopic (exact) mass is 679 g/mol. The lowest BCUT2D eigenvalue weighted by Crippen LogP contribution is -2.45. The normalized spacial score (nSPS) is 17.4. The molecule has 0 aliphatic carbocycles. The Hall–Kier alpha value is -5.14. The second kappa shape index (κ2) is 14.0. The van der Waals surface area contributed by atoms with E-state index in [1.165, 1.54) is 6.07 Å². The fraction of sp³-hybridized carbons (Fsp3) is 0.351. The molecule has 1 atom stereocenters. The van der Waals surface area contributed by atoms with Gasteiger partial charge in [0.05, 0.1) is 17.6 Å². The van der Waals surface area contributed by atoms with E-state index < -0.39 is 11.6 Å². The topological polar surface area (TPSA) is 121 Å². The van der Waals surface area contributed by atoms with Crippen LogP contribution in [0.1, 0.15) is 61.2 Å². The molecule has 2 aliphatic rings. The van der Waals surface area contributed by atoms with Crippen molar-refractivity contribution in [1.82, 2.24) is 39.6 Å². The summed E-state index contributed by atoms with van der Waals surface area (Å²) in [5, 5.41) is 5.50. The molecule has 3 aromatic heterocycles. The number of rotatable bonds is 9. The number of amides is 2. The standard InChI is InChI=1S/C37H39F2N9O2/c1-22(2)48-23(3)42-35-29(38)16-27(17-31(35)48)34-30(39)19-41-37(45-34)43-32-9-7-25(18-40-32)21-47-13-11-46(12-14-47)20-24-5-4-6-26(15-24)28-8-10-33(49)44-36(28)50/h4-7,9,15-19,22,28H,8,10-14,20-21H2,1-3H3,(H,44,49,50)(H,40,41,43,45). The van der Waals surface area contributed by atoms with Crippen molar-refractivity contribution in [3.05, 3.63) is 95.1 Å². The zero-order valence-corrected chi connectivity index (χ0v) is 28.3. The van der Waals surface area contributed by atoms with Crippen molar-refractivity contribution in [1.29, 1.82) is 0 Å². The summed E-state index contributed by atoms with van der Waals surface area (Å²) in [5.74, 6) is -0.559. The van der Waals surface area contributed by atoms with Crippen LogP contribution in [0.3, 0.4) is 0 Å². The van der Waals surface area contributed by atoms with E-state index in [0.29, 0.717) is 35.6 Å². The lowest BCUT2D eigenvalue weighted by Gasteiger charge is -2.34. The van der Waals surface area contributed by atoms with Crippen LogP contribution in [-0.4, -0.2) is 72.3 Å². The van der Waals surface area contributed by atoms with Crippen molar-refractivity contribution in [3.63, 3.8) is 0 Å². The number of aromatic nitrogens is 5. The van der Waals surface area contributed by atoms with Crippen LogP contribution in [0.4, 0.5) is 20.5 Å². The molecule has 0 bridgehead atoms. The number of imidazole rings is 1. The minimum atomic E-state index is -0.661. The van der Waals surface area contributed by atoms with Crippen molar-refractivity contribution >= 4 is 34.6 Å². The molecule has 7 rings (SSSR count). The summed E-state index contributed by atoms with van der Waals surface area (Å²) < 4.78 is 32.0. The summed E-state index contributed by atoms with van der Waals surface area (Å²) in [6.45, 7) is 11.0. The van der Waals surface area contributed by atoms with Crippen LogP contribution in [-0.2, 0) is 22.7 Å². The van der Waals surface area contributed by atoms with E-state index >= 15 is 4.39 Å². The average molecular weight is 680 g/mol. The van der Waals surface area contributed by atoms with Gasteiger partial charge in [0.2, 0.25) is 17.8 Å². The van der Waals surface area contributed by atoms with Crippen molar-refractivity contribution in [2.45, 2.75) is 58.7 Å². The van der Waals surface area contributed by atoms with Crippen molar-refractivity contribution in [3.8, 4) is 11.3 Å². The van der Waals surface area contributed by atoms with Crippen LogP contribution in [0, 0.1) is 18.6 Å². The summed E-state index contributed by atoms with van der Waals surface area (Å²) in [7, 11) is 0. The first-order valence-corrected chi connectivity index (χ1v) is 16.9. The summed E-state index contributed by atoms with van der Waals surface area (Å²) in [6, 6.07) is 15.0. The van der Waals surface area contributed by atoms with Gasteiger partial charge >= 0.3 is 0 Å². The summed E-state index contributed by atoms with van der Waals surface area (Å²) in [6.07, 6.45) is 3.79. The molecule has 0 radical (unpaired) electrons. The van der Waals surface area contributed by atoms with Crippen molar-refractivity contribution in [2.75, 3.05) is 31.5 Å². The number of pyridine rings is 1. The van der Waals surface area contributed by atoms with Gasteiger partial charge < -0.3 is 9.88 Å². The smallest absolute Gasteiger partial charge is 0.234 e. The van der Waals surface area contributed by atoms with Gasteiger partial charge in [-0.25, -0.2) is 28.7 Å². The molecule has 1 unspecified atom stereocenters. The lowest BCUT2D eigenvalue weighted by atomic mass is 9.89. The van der Waals surface area contributed by atoms with Crippen LogP contribution in [0.5, 0.6) is 0 Å². The van der Waals surface area contributed by atoms with Gasteiger partial charge in [-0.15, -0.1) is 0 Å². The molecule has 2 N–H and O–H groups in total. The highest BCUT2D eigenvalue weighted by atomic mass is 19.1. The van der Waals surface area contributed by atoms with Gasteiger partial charge in [-0.1, -0.05) is 30.3 Å². The molecule has 0 spiro atoms. The average Bonchev–Trinajstić information content (AvgIpc) is 3.44. The number of piperazine rings is 1. The number of nitrogens with one attached hydrogen (secondary N) is 2. The number of fused-ring (bicyclic) bond motifs is 1. The van der Waals surface area contributed by atoms with E-state index in [4.69, 9.17) is 0 Å². The van der Waals surface area contributed by atoms with E-state index in [1.54, 1.807) is 12.3 Å². The molecule has 0 saturated carbocycles. The minimum Gasteiger partial charge on any atom is -0.326 e. The Morgan fingerprint density at radius 2 is 1.66 bits per heavy atom. The zero-order valence-electron chi connectivity index (χ0n) is 28.3. The Balaban J connectivity index is 0.949. The molecular formula is C37H39F2N9O2. The largest absolute Gasteiger partial charge is 0.326 e. The van der Waals surface area contributed by atoms with Gasteiger partial charge in [0.25, 0.3) is 0 Å². The predicted octanol–water partition coefficient (Wildman–Crippen LogP) is 5.64. The Labute approximate surface area is 288 Å². The Morgan fingerprint density at radius 3 is 2.36 bits per heavy atom. The number of piperidine rings is 1. The van der Waals surface area contributed by atoms with Crippen LogP contribution < -0.4 is 10.6 Å². The van der Waals surface area contributed by atoms with Crippen LogP contribution in [0.25, 0.3) is 22.3 Å². The third-order valence-corrected chi connectivity index (χ3v) is 9.39. The second-order valence-corrected chi connectivity index (χ2v) is 13.3. The molecule has 258 valence electrons. The minimum absolute atomic E-state index is 0.0183. The number of aryl methyl sites for hydroxylation is 1. The number of carbonyl (C=O) groups excluding carboxylic acids is 2. The molecule has 5 aromatic rings. The van der Waals surface area contributed by atoms with Gasteiger partial charge in [-0.05, 0) is 62.1 Å². The summed E-state index contributed by atoms with van der Waals surface area (Å²) in [4.78, 5) is 46.1. The van der Waals surface area contributed by atoms with Gasteiger partial charge in [-0.3, -0.25) is 24.7 Å². The number of imide groups is 1. The highest BCUT2D eigenvalue weighted by molar-refractivity contribution is 6.00. The Morgan fingerprint density at radius 1 is 0.900 bits per heavy atom. The van der Waals surface area contributed by atoms with Gasteiger partial charge in [0, 0.05) is 63.5 Å². The summed E-state index contributed by atoms with van der Waals surface area (Å²) in [5.41, 5.74) is 4.28. The number of carbonyl (C=O) groups is 2. The molecule has 13 heteroatoms. The molecule has 50 heavy (non-hydrogen) atoms. The molecule has 5 heterocycles. The fourth-order valence-corrected chi connectivity index (χ4v) is 6.94. The number of anilines is 2.